The topological polar surface area (TPSA) is 50.2 Å². The predicted octanol–water partition coefficient (Wildman–Crippen LogP) is 3.25. The van der Waals surface area contributed by atoms with Gasteiger partial charge in [0.1, 0.15) is 0 Å². The summed E-state index contributed by atoms with van der Waals surface area (Å²) in [5.41, 5.74) is 2.03. The molecule has 0 saturated carbocycles. The molecule has 0 spiro atoms. The smallest absolute Gasteiger partial charge is 0.303 e. The zero-order valence-corrected chi connectivity index (χ0v) is 10.5. The van der Waals surface area contributed by atoms with Crippen molar-refractivity contribution in [1.29, 1.82) is 0 Å². The van der Waals surface area contributed by atoms with Gasteiger partial charge in [-0.05, 0) is 24.0 Å². The van der Waals surface area contributed by atoms with Crippen molar-refractivity contribution in [1.82, 2.24) is 4.98 Å². The van der Waals surface area contributed by atoms with Crippen molar-refractivity contribution < 1.29 is 9.90 Å². The fraction of sp³-hybridized carbons (Fsp3) is 0.538. The molecule has 0 aromatic carbocycles. The maximum Gasteiger partial charge on any atom is 0.303 e. The number of hydrogen-bond donors (Lipinski definition) is 1. The number of carboxylic acid groups (broad SMARTS) is 1. The predicted molar refractivity (Wildman–Crippen MR) is 65.6 cm³/mol. The van der Waals surface area contributed by atoms with Crippen LogP contribution in [0.25, 0.3) is 0 Å². The molecule has 0 aliphatic carbocycles. The Labute approximate surface area is 97.5 Å². The average Bonchev–Trinajstić information content (AvgIpc) is 2.29. The fourth-order valence-corrected chi connectivity index (χ4v) is 1.18. The Hall–Kier alpha value is -1.38. The van der Waals surface area contributed by atoms with Gasteiger partial charge in [0.15, 0.2) is 0 Å². The number of pyridine rings is 1. The van der Waals surface area contributed by atoms with Gasteiger partial charge < -0.3 is 5.11 Å². The first-order valence-electron chi connectivity index (χ1n) is 5.76. The lowest BCUT2D eigenvalue weighted by Gasteiger charge is -2.04. The molecule has 0 radical (unpaired) electrons. The van der Waals surface area contributed by atoms with Crippen LogP contribution >= 0.6 is 0 Å². The summed E-state index contributed by atoms with van der Waals surface area (Å²) in [5, 5.41) is 8.50. The van der Waals surface area contributed by atoms with E-state index < -0.39 is 5.97 Å². The molecule has 1 aromatic rings. The van der Waals surface area contributed by atoms with Crippen LogP contribution in [0.4, 0.5) is 0 Å². The number of aliphatic carboxylic acids is 1. The molecule has 3 heteroatoms. The van der Waals surface area contributed by atoms with Crippen LogP contribution in [0, 0.1) is 0 Å². The van der Waals surface area contributed by atoms with Crippen LogP contribution in [0.1, 0.15) is 51.3 Å². The van der Waals surface area contributed by atoms with Crippen molar-refractivity contribution in [3.63, 3.8) is 0 Å². The molecule has 16 heavy (non-hydrogen) atoms. The summed E-state index contributed by atoms with van der Waals surface area (Å²) in [6.07, 6.45) is 2.49. The van der Waals surface area contributed by atoms with Gasteiger partial charge >= 0.3 is 5.97 Å². The largest absolute Gasteiger partial charge is 0.481 e. The molecule has 0 bridgehead atoms. The molecule has 1 heterocycles. The van der Waals surface area contributed by atoms with Gasteiger partial charge in [0.2, 0.25) is 0 Å². The minimum Gasteiger partial charge on any atom is -0.481 e. The monoisotopic (exact) mass is 223 g/mol. The van der Waals surface area contributed by atoms with E-state index in [4.69, 9.17) is 5.11 Å². The van der Waals surface area contributed by atoms with Crippen LogP contribution in [0.15, 0.2) is 18.3 Å². The minimum atomic E-state index is -0.766. The summed E-state index contributed by atoms with van der Waals surface area (Å²) >= 11 is 0. The number of aromatic nitrogens is 1. The third-order valence-corrected chi connectivity index (χ3v) is 2.07. The van der Waals surface area contributed by atoms with Gasteiger partial charge in [0.25, 0.3) is 0 Å². The standard InChI is InChI=1S/C11H15NO2.C2H6/c1-8(2)10-5-3-9(7-12-10)4-6-11(13)14;1-2/h3,5,7-8H,4,6H2,1-2H3,(H,13,14);1-2H3. The number of nitrogens with zero attached hydrogens (tertiary/aromatic N) is 1. The van der Waals surface area contributed by atoms with E-state index >= 15 is 0 Å². The van der Waals surface area contributed by atoms with Crippen molar-refractivity contribution in [2.75, 3.05) is 0 Å². The number of aryl methyl sites for hydroxylation is 1. The Kier molecular flexibility index (Phi) is 7.18. The van der Waals surface area contributed by atoms with Gasteiger partial charge in [-0.25, -0.2) is 0 Å². The van der Waals surface area contributed by atoms with E-state index in [0.29, 0.717) is 12.3 Å². The number of carbonyl (C=O) groups is 1. The van der Waals surface area contributed by atoms with Crippen LogP contribution in [-0.4, -0.2) is 16.1 Å². The summed E-state index contributed by atoms with van der Waals surface area (Å²) in [6.45, 7) is 8.17. The summed E-state index contributed by atoms with van der Waals surface area (Å²) in [7, 11) is 0. The maximum atomic E-state index is 10.3. The highest BCUT2D eigenvalue weighted by atomic mass is 16.4. The van der Waals surface area contributed by atoms with E-state index in [1.807, 2.05) is 26.0 Å². The third-order valence-electron chi connectivity index (χ3n) is 2.07. The summed E-state index contributed by atoms with van der Waals surface area (Å²) < 4.78 is 0. The second-order valence-electron chi connectivity index (χ2n) is 3.64. The van der Waals surface area contributed by atoms with E-state index in [9.17, 15) is 4.79 Å². The van der Waals surface area contributed by atoms with Gasteiger partial charge in [0, 0.05) is 18.3 Å². The lowest BCUT2D eigenvalue weighted by atomic mass is 10.1. The van der Waals surface area contributed by atoms with Crippen molar-refractivity contribution in [2.24, 2.45) is 0 Å². The molecule has 1 N–H and O–H groups in total. The molecule has 0 saturated heterocycles. The Bertz CT molecular complexity index is 304. The molecule has 1 aromatic heterocycles. The average molecular weight is 223 g/mol. The molecule has 3 nitrogen and oxygen atoms in total. The summed E-state index contributed by atoms with van der Waals surface area (Å²) in [5.74, 6) is -0.346. The first kappa shape index (κ1) is 14.6. The molecule has 1 rings (SSSR count). The van der Waals surface area contributed by atoms with Crippen LogP contribution < -0.4 is 0 Å². The van der Waals surface area contributed by atoms with Crippen LogP contribution in [0.2, 0.25) is 0 Å². The quantitative estimate of drug-likeness (QED) is 0.852. The third kappa shape index (κ3) is 5.49. The van der Waals surface area contributed by atoms with E-state index in [-0.39, 0.29) is 6.42 Å². The highest BCUT2D eigenvalue weighted by molar-refractivity contribution is 5.67. The van der Waals surface area contributed by atoms with Crippen molar-refractivity contribution in [3.8, 4) is 0 Å². The zero-order chi connectivity index (χ0) is 12.6. The molecule has 0 aliphatic rings. The molecule has 0 atom stereocenters. The van der Waals surface area contributed by atoms with Crippen molar-refractivity contribution >= 4 is 5.97 Å². The number of carboxylic acids is 1. The molecular formula is C13H21NO2. The molecule has 0 amide bonds. The second kappa shape index (κ2) is 7.85. The van der Waals surface area contributed by atoms with Gasteiger partial charge in [0.05, 0.1) is 0 Å². The van der Waals surface area contributed by atoms with Crippen LogP contribution in [0.5, 0.6) is 0 Å². The number of rotatable bonds is 4. The number of hydrogen-bond acceptors (Lipinski definition) is 2. The molecule has 0 unspecified atom stereocenters. The Morgan fingerprint density at radius 3 is 2.38 bits per heavy atom. The second-order valence-corrected chi connectivity index (χ2v) is 3.64. The van der Waals surface area contributed by atoms with Gasteiger partial charge in [-0.3, -0.25) is 9.78 Å². The highest BCUT2D eigenvalue weighted by Gasteiger charge is 2.02. The van der Waals surface area contributed by atoms with Gasteiger partial charge in [-0.1, -0.05) is 33.8 Å². The van der Waals surface area contributed by atoms with Crippen molar-refractivity contribution in [2.45, 2.75) is 46.5 Å². The van der Waals surface area contributed by atoms with Crippen molar-refractivity contribution in [3.05, 3.63) is 29.6 Å². The van der Waals surface area contributed by atoms with E-state index in [1.165, 1.54) is 0 Å². The zero-order valence-electron chi connectivity index (χ0n) is 10.5. The summed E-state index contributed by atoms with van der Waals surface area (Å²) in [6, 6.07) is 3.91. The van der Waals surface area contributed by atoms with E-state index in [2.05, 4.69) is 18.8 Å². The van der Waals surface area contributed by atoms with Gasteiger partial charge in [-0.15, -0.1) is 0 Å². The molecule has 0 aliphatic heterocycles. The summed E-state index contributed by atoms with van der Waals surface area (Å²) in [4.78, 5) is 14.6. The Morgan fingerprint density at radius 2 is 2.00 bits per heavy atom. The normalized spacial score (nSPS) is 9.56. The fourth-order valence-electron chi connectivity index (χ4n) is 1.18. The Morgan fingerprint density at radius 1 is 1.38 bits per heavy atom. The van der Waals surface area contributed by atoms with E-state index in [1.54, 1.807) is 6.20 Å². The maximum absolute atomic E-state index is 10.3. The van der Waals surface area contributed by atoms with Crippen LogP contribution in [-0.2, 0) is 11.2 Å². The molecular weight excluding hydrogens is 202 g/mol. The van der Waals surface area contributed by atoms with E-state index in [0.717, 1.165) is 11.3 Å². The lowest BCUT2D eigenvalue weighted by molar-refractivity contribution is -0.136. The molecule has 0 fully saturated rings. The highest BCUT2D eigenvalue weighted by Crippen LogP contribution is 2.11. The van der Waals surface area contributed by atoms with Gasteiger partial charge in [-0.2, -0.15) is 0 Å². The minimum absolute atomic E-state index is 0.169. The lowest BCUT2D eigenvalue weighted by Crippen LogP contribution is -1.99. The van der Waals surface area contributed by atoms with Crippen LogP contribution in [0.3, 0.4) is 0 Å². The first-order chi connectivity index (χ1) is 7.59. The SMILES string of the molecule is CC.CC(C)c1ccc(CCC(=O)O)cn1. The first-order valence-corrected chi connectivity index (χ1v) is 5.76. The molecule has 90 valence electrons. The Balaban J connectivity index is 0.00000106.